The number of nitrogens with zero attached hydrogens (tertiary/aromatic N) is 1. The maximum absolute atomic E-state index is 12.7. The standard InChI is InChI=1S/C12H14FNO3/c1-8-6-14(11(15)12(16)17-8)7-9-2-4-10(13)5-3-9/h2-5,8,12,16H,6-7H2,1H3. The van der Waals surface area contributed by atoms with E-state index in [9.17, 15) is 14.3 Å². The molecule has 1 aliphatic heterocycles. The number of hydrogen-bond acceptors (Lipinski definition) is 3. The van der Waals surface area contributed by atoms with Crippen LogP contribution in [0.3, 0.4) is 0 Å². The molecule has 1 saturated heterocycles. The Balaban J connectivity index is 2.07. The van der Waals surface area contributed by atoms with Gasteiger partial charge in [-0.1, -0.05) is 12.1 Å². The molecule has 17 heavy (non-hydrogen) atoms. The van der Waals surface area contributed by atoms with Crippen LogP contribution in [0.2, 0.25) is 0 Å². The molecule has 5 heteroatoms. The van der Waals surface area contributed by atoms with Crippen LogP contribution in [-0.4, -0.2) is 34.9 Å². The Morgan fingerprint density at radius 1 is 1.47 bits per heavy atom. The average molecular weight is 239 g/mol. The first-order chi connectivity index (χ1) is 8.06. The van der Waals surface area contributed by atoms with Gasteiger partial charge in [0.05, 0.1) is 6.10 Å². The van der Waals surface area contributed by atoms with Crippen molar-refractivity contribution in [3.8, 4) is 0 Å². The van der Waals surface area contributed by atoms with Crippen LogP contribution in [0.25, 0.3) is 0 Å². The summed E-state index contributed by atoms with van der Waals surface area (Å²) in [7, 11) is 0. The molecule has 4 nitrogen and oxygen atoms in total. The first-order valence-electron chi connectivity index (χ1n) is 5.43. The summed E-state index contributed by atoms with van der Waals surface area (Å²) in [5.74, 6) is -0.761. The first kappa shape index (κ1) is 12.0. The highest BCUT2D eigenvalue weighted by Gasteiger charge is 2.31. The van der Waals surface area contributed by atoms with Crippen molar-refractivity contribution >= 4 is 5.91 Å². The zero-order valence-electron chi connectivity index (χ0n) is 9.47. The summed E-state index contributed by atoms with van der Waals surface area (Å²) in [4.78, 5) is 13.1. The highest BCUT2D eigenvalue weighted by Crippen LogP contribution is 2.14. The van der Waals surface area contributed by atoms with E-state index in [0.29, 0.717) is 13.1 Å². The molecule has 1 N–H and O–H groups in total. The molecule has 1 aromatic carbocycles. The number of ether oxygens (including phenoxy) is 1. The Morgan fingerprint density at radius 3 is 2.76 bits per heavy atom. The van der Waals surface area contributed by atoms with Gasteiger partial charge in [0.15, 0.2) is 0 Å². The number of carbonyl (C=O) groups is 1. The maximum Gasteiger partial charge on any atom is 0.279 e. The second-order valence-electron chi connectivity index (χ2n) is 4.14. The predicted molar refractivity (Wildman–Crippen MR) is 58.4 cm³/mol. The van der Waals surface area contributed by atoms with Crippen LogP contribution in [0, 0.1) is 5.82 Å². The third-order valence-electron chi connectivity index (χ3n) is 2.65. The average Bonchev–Trinajstić information content (AvgIpc) is 2.28. The van der Waals surface area contributed by atoms with E-state index in [1.807, 2.05) is 0 Å². The molecule has 1 amide bonds. The lowest BCUT2D eigenvalue weighted by Crippen LogP contribution is -2.50. The third-order valence-corrected chi connectivity index (χ3v) is 2.65. The van der Waals surface area contributed by atoms with Gasteiger partial charge in [-0.2, -0.15) is 0 Å². The van der Waals surface area contributed by atoms with Crippen molar-refractivity contribution in [1.29, 1.82) is 0 Å². The van der Waals surface area contributed by atoms with Gasteiger partial charge < -0.3 is 14.7 Å². The smallest absolute Gasteiger partial charge is 0.279 e. The SMILES string of the molecule is CC1CN(Cc2ccc(F)cc2)C(=O)C(O)O1. The molecule has 0 aliphatic carbocycles. The van der Waals surface area contributed by atoms with Gasteiger partial charge in [0.2, 0.25) is 6.29 Å². The molecule has 0 radical (unpaired) electrons. The van der Waals surface area contributed by atoms with Crippen molar-refractivity contribution in [3.63, 3.8) is 0 Å². The number of morpholine rings is 1. The third kappa shape index (κ3) is 2.81. The predicted octanol–water partition coefficient (Wildman–Crippen LogP) is 0.891. The quantitative estimate of drug-likeness (QED) is 0.834. The van der Waals surface area contributed by atoms with Gasteiger partial charge in [-0.05, 0) is 24.6 Å². The number of aliphatic hydroxyl groups is 1. The number of rotatable bonds is 2. The fourth-order valence-electron chi connectivity index (χ4n) is 1.83. The zero-order valence-corrected chi connectivity index (χ0v) is 9.47. The summed E-state index contributed by atoms with van der Waals surface area (Å²) < 4.78 is 17.7. The van der Waals surface area contributed by atoms with Gasteiger partial charge in [-0.3, -0.25) is 4.79 Å². The molecule has 0 saturated carbocycles. The molecule has 0 spiro atoms. The highest BCUT2D eigenvalue weighted by molar-refractivity contribution is 5.80. The van der Waals surface area contributed by atoms with Crippen LogP contribution < -0.4 is 0 Å². The number of aliphatic hydroxyl groups excluding tert-OH is 1. The normalized spacial score (nSPS) is 25.1. The summed E-state index contributed by atoms with van der Waals surface area (Å²) in [6.45, 7) is 2.56. The summed E-state index contributed by atoms with van der Waals surface area (Å²) in [5.41, 5.74) is 0.820. The van der Waals surface area contributed by atoms with Crippen molar-refractivity contribution < 1.29 is 19.0 Å². The van der Waals surface area contributed by atoms with Gasteiger partial charge in [0, 0.05) is 13.1 Å². The Morgan fingerprint density at radius 2 is 2.12 bits per heavy atom. The van der Waals surface area contributed by atoms with Crippen molar-refractivity contribution in [1.82, 2.24) is 4.90 Å². The number of hydrogen-bond donors (Lipinski definition) is 1. The summed E-state index contributed by atoms with van der Waals surface area (Å²) in [6.07, 6.45) is -1.60. The molecule has 2 unspecified atom stereocenters. The molecule has 1 fully saturated rings. The summed E-state index contributed by atoms with van der Waals surface area (Å²) in [6, 6.07) is 5.93. The molecule has 2 rings (SSSR count). The van der Waals surface area contributed by atoms with Crippen LogP contribution in [0.1, 0.15) is 12.5 Å². The Kier molecular flexibility index (Phi) is 3.40. The van der Waals surface area contributed by atoms with E-state index in [-0.39, 0.29) is 11.9 Å². The molecule has 1 heterocycles. The Hall–Kier alpha value is -1.46. The summed E-state index contributed by atoms with van der Waals surface area (Å²) >= 11 is 0. The van der Waals surface area contributed by atoms with Crippen molar-refractivity contribution in [2.45, 2.75) is 25.9 Å². The topological polar surface area (TPSA) is 49.8 Å². The summed E-state index contributed by atoms with van der Waals surface area (Å²) in [5, 5.41) is 9.37. The molecule has 92 valence electrons. The van der Waals surface area contributed by atoms with E-state index < -0.39 is 12.2 Å². The van der Waals surface area contributed by atoms with Crippen LogP contribution in [0.5, 0.6) is 0 Å². The van der Waals surface area contributed by atoms with Crippen LogP contribution in [0.15, 0.2) is 24.3 Å². The fourth-order valence-corrected chi connectivity index (χ4v) is 1.83. The first-order valence-corrected chi connectivity index (χ1v) is 5.43. The van der Waals surface area contributed by atoms with Gasteiger partial charge in [0.25, 0.3) is 5.91 Å². The molecule has 1 aromatic rings. The Labute approximate surface area is 98.6 Å². The number of carbonyl (C=O) groups excluding carboxylic acids is 1. The number of benzene rings is 1. The largest absolute Gasteiger partial charge is 0.360 e. The van der Waals surface area contributed by atoms with Gasteiger partial charge >= 0.3 is 0 Å². The lowest BCUT2D eigenvalue weighted by molar-refractivity contribution is -0.198. The highest BCUT2D eigenvalue weighted by atomic mass is 19.1. The minimum Gasteiger partial charge on any atom is -0.360 e. The van der Waals surface area contributed by atoms with Crippen molar-refractivity contribution in [2.24, 2.45) is 0 Å². The van der Waals surface area contributed by atoms with Crippen molar-refractivity contribution in [2.75, 3.05) is 6.54 Å². The van der Waals surface area contributed by atoms with Crippen LogP contribution >= 0.6 is 0 Å². The Bertz CT molecular complexity index is 407. The van der Waals surface area contributed by atoms with E-state index in [0.717, 1.165) is 5.56 Å². The minimum atomic E-state index is -1.39. The second-order valence-corrected chi connectivity index (χ2v) is 4.14. The monoisotopic (exact) mass is 239 g/mol. The lowest BCUT2D eigenvalue weighted by Gasteiger charge is -2.33. The van der Waals surface area contributed by atoms with E-state index in [4.69, 9.17) is 4.74 Å². The molecule has 2 atom stereocenters. The number of halogens is 1. The molecule has 0 bridgehead atoms. The van der Waals surface area contributed by atoms with E-state index in [2.05, 4.69) is 0 Å². The van der Waals surface area contributed by atoms with Gasteiger partial charge in [0.1, 0.15) is 5.82 Å². The minimum absolute atomic E-state index is 0.205. The van der Waals surface area contributed by atoms with E-state index >= 15 is 0 Å². The lowest BCUT2D eigenvalue weighted by atomic mass is 10.2. The molecular formula is C12H14FNO3. The molecular weight excluding hydrogens is 225 g/mol. The second kappa shape index (κ2) is 4.81. The molecule has 1 aliphatic rings. The van der Waals surface area contributed by atoms with Crippen LogP contribution in [0.4, 0.5) is 4.39 Å². The fraction of sp³-hybridized carbons (Fsp3) is 0.417. The van der Waals surface area contributed by atoms with E-state index in [1.54, 1.807) is 19.1 Å². The van der Waals surface area contributed by atoms with Crippen molar-refractivity contribution in [3.05, 3.63) is 35.6 Å². The number of amides is 1. The van der Waals surface area contributed by atoms with Gasteiger partial charge in [-0.25, -0.2) is 4.39 Å². The van der Waals surface area contributed by atoms with E-state index in [1.165, 1.54) is 17.0 Å². The molecule has 0 aromatic heterocycles. The zero-order chi connectivity index (χ0) is 12.4. The maximum atomic E-state index is 12.7. The van der Waals surface area contributed by atoms with Crippen LogP contribution in [-0.2, 0) is 16.1 Å². The van der Waals surface area contributed by atoms with Gasteiger partial charge in [-0.15, -0.1) is 0 Å².